The van der Waals surface area contributed by atoms with Crippen LogP contribution in [0.3, 0.4) is 0 Å². The molecule has 0 bridgehead atoms. The van der Waals surface area contributed by atoms with Crippen molar-refractivity contribution in [3.8, 4) is 0 Å². The van der Waals surface area contributed by atoms with Gasteiger partial charge in [-0.25, -0.2) is 0 Å². The lowest BCUT2D eigenvalue weighted by molar-refractivity contribution is 0.147. The first kappa shape index (κ1) is 13.5. The fourth-order valence-corrected chi connectivity index (χ4v) is 2.46. The van der Waals surface area contributed by atoms with Gasteiger partial charge in [0.2, 0.25) is 0 Å². The van der Waals surface area contributed by atoms with Crippen LogP contribution in [0.5, 0.6) is 0 Å². The summed E-state index contributed by atoms with van der Waals surface area (Å²) in [6.07, 6.45) is 1.16. The van der Waals surface area contributed by atoms with Gasteiger partial charge >= 0.3 is 0 Å². The van der Waals surface area contributed by atoms with Crippen LogP contribution in [0.25, 0.3) is 0 Å². The third-order valence-corrected chi connectivity index (χ3v) is 3.62. The van der Waals surface area contributed by atoms with Crippen molar-refractivity contribution in [1.29, 1.82) is 0 Å². The van der Waals surface area contributed by atoms with Crippen LogP contribution in [0.15, 0.2) is 18.2 Å². The predicted molar refractivity (Wildman–Crippen MR) is 74.7 cm³/mol. The molecule has 1 aliphatic heterocycles. The maximum absolute atomic E-state index is 5.15. The van der Waals surface area contributed by atoms with Crippen LogP contribution >= 0.6 is 0 Å². The molecule has 3 heteroatoms. The highest BCUT2D eigenvalue weighted by molar-refractivity contribution is 5.33. The summed E-state index contributed by atoms with van der Waals surface area (Å²) in [5, 5.41) is 3.44. The molecule has 0 spiro atoms. The topological polar surface area (TPSA) is 24.5 Å². The van der Waals surface area contributed by atoms with E-state index < -0.39 is 0 Å². The SMILES string of the molecule is CCN(CCOC)Cc1ccc2c(c1)CNCC2. The second-order valence-corrected chi connectivity index (χ2v) is 4.89. The van der Waals surface area contributed by atoms with Crippen molar-refractivity contribution in [1.82, 2.24) is 10.2 Å². The highest BCUT2D eigenvalue weighted by Crippen LogP contribution is 2.17. The molecule has 0 aliphatic carbocycles. The normalized spacial score (nSPS) is 14.8. The molecule has 3 nitrogen and oxygen atoms in total. The van der Waals surface area contributed by atoms with Crippen molar-refractivity contribution in [2.45, 2.75) is 26.4 Å². The molecular weight excluding hydrogens is 224 g/mol. The van der Waals surface area contributed by atoms with Gasteiger partial charge in [0, 0.05) is 26.7 Å². The minimum absolute atomic E-state index is 0.806. The Balaban J connectivity index is 1.99. The first-order chi connectivity index (χ1) is 8.83. The van der Waals surface area contributed by atoms with Crippen molar-refractivity contribution in [3.05, 3.63) is 34.9 Å². The van der Waals surface area contributed by atoms with E-state index in [-0.39, 0.29) is 0 Å². The van der Waals surface area contributed by atoms with Gasteiger partial charge in [-0.2, -0.15) is 0 Å². The zero-order chi connectivity index (χ0) is 12.8. The Morgan fingerprint density at radius 2 is 2.22 bits per heavy atom. The fourth-order valence-electron chi connectivity index (χ4n) is 2.46. The number of likely N-dealkylation sites (N-methyl/N-ethyl adjacent to an activating group) is 1. The molecule has 0 unspecified atom stereocenters. The second-order valence-electron chi connectivity index (χ2n) is 4.89. The third-order valence-electron chi connectivity index (χ3n) is 3.62. The first-order valence-corrected chi connectivity index (χ1v) is 6.86. The van der Waals surface area contributed by atoms with E-state index in [1.807, 2.05) is 0 Å². The number of nitrogens with one attached hydrogen (secondary N) is 1. The van der Waals surface area contributed by atoms with Gasteiger partial charge in [0.15, 0.2) is 0 Å². The molecule has 0 radical (unpaired) electrons. The number of hydrogen-bond acceptors (Lipinski definition) is 3. The molecule has 100 valence electrons. The number of methoxy groups -OCH3 is 1. The highest BCUT2D eigenvalue weighted by atomic mass is 16.5. The molecule has 1 heterocycles. The van der Waals surface area contributed by atoms with Crippen molar-refractivity contribution in [2.24, 2.45) is 0 Å². The van der Waals surface area contributed by atoms with Gasteiger partial charge in [0.25, 0.3) is 0 Å². The van der Waals surface area contributed by atoms with E-state index in [0.717, 1.165) is 45.8 Å². The van der Waals surface area contributed by atoms with E-state index in [1.54, 1.807) is 7.11 Å². The van der Waals surface area contributed by atoms with Gasteiger partial charge < -0.3 is 10.1 Å². The largest absolute Gasteiger partial charge is 0.383 e. The highest BCUT2D eigenvalue weighted by Gasteiger charge is 2.10. The average Bonchev–Trinajstić information content (AvgIpc) is 2.43. The van der Waals surface area contributed by atoms with Crippen LogP contribution in [0.4, 0.5) is 0 Å². The Kier molecular flexibility index (Phi) is 5.17. The van der Waals surface area contributed by atoms with E-state index in [1.165, 1.54) is 16.7 Å². The third kappa shape index (κ3) is 3.55. The molecular formula is C15H24N2O. The van der Waals surface area contributed by atoms with Crippen LogP contribution in [0.1, 0.15) is 23.6 Å². The molecule has 1 aromatic rings. The molecule has 0 aromatic heterocycles. The van der Waals surface area contributed by atoms with E-state index in [2.05, 4.69) is 35.3 Å². The van der Waals surface area contributed by atoms with Crippen molar-refractivity contribution in [2.75, 3.05) is 33.4 Å². The lowest BCUT2D eigenvalue weighted by Crippen LogP contribution is -2.27. The molecule has 2 rings (SSSR count). The van der Waals surface area contributed by atoms with E-state index in [9.17, 15) is 0 Å². The number of nitrogens with zero attached hydrogens (tertiary/aromatic N) is 1. The maximum atomic E-state index is 5.15. The standard InChI is InChI=1S/C15H24N2O/c1-3-17(8-9-18-2)12-13-4-5-14-6-7-16-11-15(14)10-13/h4-5,10,16H,3,6-9,11-12H2,1-2H3. The summed E-state index contributed by atoms with van der Waals surface area (Å²) in [6.45, 7) is 8.23. The summed E-state index contributed by atoms with van der Waals surface area (Å²) < 4.78 is 5.15. The van der Waals surface area contributed by atoms with E-state index in [0.29, 0.717) is 0 Å². The molecule has 1 aliphatic rings. The van der Waals surface area contributed by atoms with Crippen LogP contribution < -0.4 is 5.32 Å². The minimum atomic E-state index is 0.806. The number of ether oxygens (including phenoxy) is 1. The maximum Gasteiger partial charge on any atom is 0.0589 e. The van der Waals surface area contributed by atoms with Gasteiger partial charge in [-0.05, 0) is 36.2 Å². The van der Waals surface area contributed by atoms with Crippen molar-refractivity contribution < 1.29 is 4.74 Å². The molecule has 0 amide bonds. The zero-order valence-electron chi connectivity index (χ0n) is 11.5. The van der Waals surface area contributed by atoms with Gasteiger partial charge in [0.05, 0.1) is 6.61 Å². The lowest BCUT2D eigenvalue weighted by Gasteiger charge is -2.22. The summed E-state index contributed by atoms with van der Waals surface area (Å²) in [5.41, 5.74) is 4.40. The van der Waals surface area contributed by atoms with Crippen LogP contribution in [0, 0.1) is 0 Å². The Bertz CT molecular complexity index is 379. The molecule has 0 saturated carbocycles. The van der Waals surface area contributed by atoms with Crippen LogP contribution in [-0.4, -0.2) is 38.3 Å². The summed E-state index contributed by atoms with van der Waals surface area (Å²) in [5.74, 6) is 0. The van der Waals surface area contributed by atoms with Crippen molar-refractivity contribution in [3.63, 3.8) is 0 Å². The summed E-state index contributed by atoms with van der Waals surface area (Å²) in [4.78, 5) is 2.42. The molecule has 0 atom stereocenters. The molecule has 18 heavy (non-hydrogen) atoms. The minimum Gasteiger partial charge on any atom is -0.383 e. The second kappa shape index (κ2) is 6.88. The molecule has 0 fully saturated rings. The van der Waals surface area contributed by atoms with Gasteiger partial charge in [0.1, 0.15) is 0 Å². The smallest absolute Gasteiger partial charge is 0.0589 e. The molecule has 1 aromatic carbocycles. The number of hydrogen-bond donors (Lipinski definition) is 1. The summed E-state index contributed by atoms with van der Waals surface area (Å²) >= 11 is 0. The first-order valence-electron chi connectivity index (χ1n) is 6.86. The van der Waals surface area contributed by atoms with E-state index in [4.69, 9.17) is 4.74 Å². The number of fused-ring (bicyclic) bond motifs is 1. The summed E-state index contributed by atoms with van der Waals surface area (Å²) in [6, 6.07) is 6.94. The van der Waals surface area contributed by atoms with Crippen LogP contribution in [-0.2, 0) is 24.2 Å². The predicted octanol–water partition coefficient (Wildman–Crippen LogP) is 1.80. The molecule has 1 N–H and O–H groups in total. The van der Waals surface area contributed by atoms with Gasteiger partial charge in [-0.3, -0.25) is 4.90 Å². The van der Waals surface area contributed by atoms with Crippen molar-refractivity contribution >= 4 is 0 Å². The average molecular weight is 248 g/mol. The van der Waals surface area contributed by atoms with E-state index >= 15 is 0 Å². The van der Waals surface area contributed by atoms with Gasteiger partial charge in [-0.1, -0.05) is 25.1 Å². The lowest BCUT2D eigenvalue weighted by atomic mass is 9.98. The van der Waals surface area contributed by atoms with Crippen LogP contribution in [0.2, 0.25) is 0 Å². The zero-order valence-corrected chi connectivity index (χ0v) is 11.5. The number of rotatable bonds is 6. The Morgan fingerprint density at radius 3 is 3.00 bits per heavy atom. The molecule has 0 saturated heterocycles. The monoisotopic (exact) mass is 248 g/mol. The van der Waals surface area contributed by atoms with Gasteiger partial charge in [-0.15, -0.1) is 0 Å². The number of benzene rings is 1. The Hall–Kier alpha value is -0.900. The Morgan fingerprint density at radius 1 is 1.33 bits per heavy atom. The fraction of sp³-hybridized carbons (Fsp3) is 0.600. The Labute approximate surface area is 110 Å². The summed E-state index contributed by atoms with van der Waals surface area (Å²) in [7, 11) is 1.76. The quantitative estimate of drug-likeness (QED) is 0.831.